The molecule has 3 rings (SSSR count). The fourth-order valence-corrected chi connectivity index (χ4v) is 3.21. The Bertz CT molecular complexity index is 267. The summed E-state index contributed by atoms with van der Waals surface area (Å²) >= 11 is 0. The van der Waals surface area contributed by atoms with Crippen LogP contribution in [-0.2, 0) is 9.53 Å². The lowest BCUT2D eigenvalue weighted by molar-refractivity contribution is -0.183. The van der Waals surface area contributed by atoms with Crippen LogP contribution >= 0.6 is 0 Å². The summed E-state index contributed by atoms with van der Waals surface area (Å²) in [5.41, 5.74) is 0.156. The Balaban J connectivity index is 2.07. The van der Waals surface area contributed by atoms with Crippen molar-refractivity contribution in [2.45, 2.75) is 33.6 Å². The predicted molar refractivity (Wildman–Crippen MR) is 58.4 cm³/mol. The largest absolute Gasteiger partial charge is 0.466 e. The molecule has 2 aliphatic heterocycles. The highest BCUT2D eigenvalue weighted by molar-refractivity contribution is 5.79. The molecule has 0 spiro atoms. The molecular weight excluding hydrogens is 190 g/mol. The summed E-state index contributed by atoms with van der Waals surface area (Å²) < 4.78 is 5.17. The lowest BCUT2D eigenvalue weighted by Gasteiger charge is -2.61. The number of piperidine rings is 2. The van der Waals surface area contributed by atoms with Crippen LogP contribution in [0.25, 0.3) is 0 Å². The van der Waals surface area contributed by atoms with Gasteiger partial charge in [-0.05, 0) is 31.1 Å². The lowest BCUT2D eigenvalue weighted by atomic mass is 9.47. The van der Waals surface area contributed by atoms with Crippen LogP contribution in [0.4, 0.5) is 0 Å². The van der Waals surface area contributed by atoms with Gasteiger partial charge in [0.15, 0.2) is 0 Å². The molecule has 3 fully saturated rings. The number of nitrogens with one attached hydrogen (secondary N) is 1. The molecule has 2 heterocycles. The Hall–Kier alpha value is -0.570. The molecule has 3 aliphatic rings. The minimum Gasteiger partial charge on any atom is -0.466 e. The minimum absolute atomic E-state index is 0.00785. The number of hydrogen-bond donors (Lipinski definition) is 1. The smallest absolute Gasteiger partial charge is 0.313 e. The summed E-state index contributed by atoms with van der Waals surface area (Å²) in [6.07, 6.45) is 2.03. The van der Waals surface area contributed by atoms with Crippen LogP contribution in [0.1, 0.15) is 33.6 Å². The molecule has 1 saturated carbocycles. The van der Waals surface area contributed by atoms with Crippen molar-refractivity contribution in [1.29, 1.82) is 0 Å². The third-order valence-corrected chi connectivity index (χ3v) is 4.25. The zero-order valence-corrected chi connectivity index (χ0v) is 9.93. The summed E-state index contributed by atoms with van der Waals surface area (Å²) in [5.74, 6) is 0.654. The van der Waals surface area contributed by atoms with E-state index in [2.05, 4.69) is 19.2 Å². The molecule has 0 aromatic carbocycles. The Kier molecular flexibility index (Phi) is 2.53. The summed E-state index contributed by atoms with van der Waals surface area (Å²) in [6.45, 7) is 8.74. The van der Waals surface area contributed by atoms with Crippen molar-refractivity contribution in [2.24, 2.45) is 16.7 Å². The molecule has 86 valence electrons. The number of carbonyl (C=O) groups is 1. The van der Waals surface area contributed by atoms with E-state index in [0.717, 1.165) is 25.9 Å². The third-order valence-electron chi connectivity index (χ3n) is 4.25. The average Bonchev–Trinajstić information content (AvgIpc) is 2.17. The van der Waals surface area contributed by atoms with Gasteiger partial charge in [-0.15, -0.1) is 0 Å². The van der Waals surface area contributed by atoms with Crippen LogP contribution in [0.5, 0.6) is 0 Å². The van der Waals surface area contributed by atoms with Gasteiger partial charge in [0, 0.05) is 13.1 Å². The standard InChI is InChI=1S/C12H21NO2/c1-4-15-10(14)12-5-11(6-12,9(2)3)7-13-8-12/h9,13H,4-8H2,1-3H3. The van der Waals surface area contributed by atoms with E-state index in [9.17, 15) is 4.79 Å². The quantitative estimate of drug-likeness (QED) is 0.720. The Morgan fingerprint density at radius 3 is 2.60 bits per heavy atom. The van der Waals surface area contributed by atoms with Gasteiger partial charge in [0.25, 0.3) is 0 Å². The van der Waals surface area contributed by atoms with Gasteiger partial charge in [-0.25, -0.2) is 0 Å². The molecule has 0 aromatic heterocycles. The van der Waals surface area contributed by atoms with Gasteiger partial charge < -0.3 is 10.1 Å². The van der Waals surface area contributed by atoms with Crippen molar-refractivity contribution in [3.63, 3.8) is 0 Å². The monoisotopic (exact) mass is 211 g/mol. The normalized spacial score (nSPS) is 38.7. The van der Waals surface area contributed by atoms with Crippen LogP contribution in [0.2, 0.25) is 0 Å². The second-order valence-corrected chi connectivity index (χ2v) is 5.47. The summed E-state index contributed by atoms with van der Waals surface area (Å²) in [5, 5.41) is 3.39. The van der Waals surface area contributed by atoms with E-state index in [1.54, 1.807) is 0 Å². The Labute approximate surface area is 91.6 Å². The van der Waals surface area contributed by atoms with E-state index >= 15 is 0 Å². The maximum atomic E-state index is 11.9. The minimum atomic E-state index is -0.196. The summed E-state index contributed by atoms with van der Waals surface area (Å²) in [7, 11) is 0. The molecule has 0 atom stereocenters. The highest BCUT2D eigenvalue weighted by Crippen LogP contribution is 2.60. The number of carbonyl (C=O) groups excluding carboxylic acids is 1. The van der Waals surface area contributed by atoms with Gasteiger partial charge in [-0.3, -0.25) is 4.79 Å². The molecule has 3 nitrogen and oxygen atoms in total. The number of fused-ring (bicyclic) bond motifs is 2. The van der Waals surface area contributed by atoms with Crippen LogP contribution in [0, 0.1) is 16.7 Å². The van der Waals surface area contributed by atoms with E-state index < -0.39 is 0 Å². The van der Waals surface area contributed by atoms with E-state index in [4.69, 9.17) is 4.74 Å². The molecule has 0 amide bonds. The first-order valence-corrected chi connectivity index (χ1v) is 5.93. The van der Waals surface area contributed by atoms with E-state index in [-0.39, 0.29) is 11.4 Å². The predicted octanol–water partition coefficient (Wildman–Crippen LogP) is 1.58. The zero-order valence-electron chi connectivity index (χ0n) is 9.93. The van der Waals surface area contributed by atoms with E-state index in [1.807, 2.05) is 6.92 Å². The van der Waals surface area contributed by atoms with Crippen molar-refractivity contribution in [1.82, 2.24) is 5.32 Å². The zero-order chi connectivity index (χ0) is 11.1. The summed E-state index contributed by atoms with van der Waals surface area (Å²) in [6, 6.07) is 0. The molecule has 0 unspecified atom stereocenters. The number of rotatable bonds is 3. The highest BCUT2D eigenvalue weighted by atomic mass is 16.5. The second kappa shape index (κ2) is 3.48. The van der Waals surface area contributed by atoms with Crippen molar-refractivity contribution < 1.29 is 9.53 Å². The molecular formula is C12H21NO2. The number of hydrogen-bond acceptors (Lipinski definition) is 3. The van der Waals surface area contributed by atoms with Gasteiger partial charge >= 0.3 is 5.97 Å². The molecule has 15 heavy (non-hydrogen) atoms. The van der Waals surface area contributed by atoms with Gasteiger partial charge in [0.1, 0.15) is 0 Å². The van der Waals surface area contributed by atoms with Gasteiger partial charge in [0.2, 0.25) is 0 Å². The van der Waals surface area contributed by atoms with E-state index in [0.29, 0.717) is 17.9 Å². The summed E-state index contributed by atoms with van der Waals surface area (Å²) in [4.78, 5) is 11.9. The van der Waals surface area contributed by atoms with Crippen LogP contribution in [-0.4, -0.2) is 25.7 Å². The SMILES string of the molecule is CCOC(=O)C12CNCC(C(C)C)(C1)C2. The topological polar surface area (TPSA) is 38.3 Å². The first-order chi connectivity index (χ1) is 7.05. The highest BCUT2D eigenvalue weighted by Gasteiger charge is 2.62. The van der Waals surface area contributed by atoms with E-state index in [1.165, 1.54) is 0 Å². The third kappa shape index (κ3) is 1.48. The maximum absolute atomic E-state index is 11.9. The first kappa shape index (κ1) is 10.9. The maximum Gasteiger partial charge on any atom is 0.313 e. The Morgan fingerprint density at radius 1 is 1.40 bits per heavy atom. The Morgan fingerprint density at radius 2 is 2.07 bits per heavy atom. The van der Waals surface area contributed by atoms with Crippen LogP contribution < -0.4 is 5.32 Å². The van der Waals surface area contributed by atoms with Crippen LogP contribution in [0.15, 0.2) is 0 Å². The number of ether oxygens (including phenoxy) is 1. The van der Waals surface area contributed by atoms with Crippen molar-refractivity contribution in [3.8, 4) is 0 Å². The van der Waals surface area contributed by atoms with Gasteiger partial charge in [-0.1, -0.05) is 13.8 Å². The number of esters is 1. The lowest BCUT2D eigenvalue weighted by Crippen LogP contribution is -2.66. The van der Waals surface area contributed by atoms with Gasteiger partial charge in [0.05, 0.1) is 12.0 Å². The molecule has 0 radical (unpaired) electrons. The molecule has 0 aromatic rings. The fraction of sp³-hybridized carbons (Fsp3) is 0.917. The van der Waals surface area contributed by atoms with Crippen molar-refractivity contribution >= 4 is 5.97 Å². The molecule has 1 N–H and O–H groups in total. The van der Waals surface area contributed by atoms with Crippen molar-refractivity contribution in [2.75, 3.05) is 19.7 Å². The average molecular weight is 211 g/mol. The van der Waals surface area contributed by atoms with Crippen LogP contribution in [0.3, 0.4) is 0 Å². The second-order valence-electron chi connectivity index (χ2n) is 5.47. The first-order valence-electron chi connectivity index (χ1n) is 5.93. The van der Waals surface area contributed by atoms with Crippen molar-refractivity contribution in [3.05, 3.63) is 0 Å². The molecule has 3 heteroatoms. The molecule has 2 bridgehead atoms. The fourth-order valence-electron chi connectivity index (χ4n) is 3.21. The molecule has 1 aliphatic carbocycles. The molecule has 2 saturated heterocycles. The van der Waals surface area contributed by atoms with Gasteiger partial charge in [-0.2, -0.15) is 0 Å².